The Balaban J connectivity index is 0.000000305. The number of carbonyl (C=O) groups excluding carboxylic acids is 2. The normalized spacial score (nSPS) is 10.3. The van der Waals surface area contributed by atoms with Crippen LogP contribution in [-0.4, -0.2) is 42.2 Å². The minimum absolute atomic E-state index is 0. The number of carbonyl (C=O) groups is 2. The summed E-state index contributed by atoms with van der Waals surface area (Å²) in [6.07, 6.45) is 12.1. The van der Waals surface area contributed by atoms with Gasteiger partial charge in [-0.05, 0) is 99.5 Å². The van der Waals surface area contributed by atoms with E-state index in [1.807, 2.05) is 0 Å². The third-order valence-electron chi connectivity index (χ3n) is 8.40. The largest absolute Gasteiger partial charge is 1.00 e. The van der Waals surface area contributed by atoms with Crippen LogP contribution < -0.4 is 69.3 Å². The topological polar surface area (TPSA) is 219 Å². The second kappa shape index (κ2) is 27.4. The fourth-order valence-electron chi connectivity index (χ4n) is 5.41. The molecule has 3 heterocycles. The zero-order chi connectivity index (χ0) is 42.0. The molecule has 6 rings (SSSR count). The van der Waals surface area contributed by atoms with Crippen LogP contribution in [-0.2, 0) is 28.9 Å². The van der Waals surface area contributed by atoms with Gasteiger partial charge < -0.3 is 48.4 Å². The molecule has 0 aliphatic carbocycles. The predicted octanol–water partition coefficient (Wildman–Crippen LogP) is 2.77. The number of rotatable bonds is 17. The van der Waals surface area contributed by atoms with Crippen LogP contribution in [0.3, 0.4) is 0 Å². The average molecular weight is 901 g/mol. The summed E-state index contributed by atoms with van der Waals surface area (Å²) in [6, 6.07) is 14.2. The van der Waals surface area contributed by atoms with Gasteiger partial charge in [-0.25, -0.2) is 15.0 Å². The van der Waals surface area contributed by atoms with Crippen LogP contribution in [0, 0.1) is 0 Å². The van der Waals surface area contributed by atoms with Gasteiger partial charge in [-0.2, -0.15) is 0 Å². The first-order chi connectivity index (χ1) is 27.8. The number of aromatic hydroxyl groups is 3. The minimum atomic E-state index is -1.05. The molecule has 6 aromatic rings. The van der Waals surface area contributed by atoms with Gasteiger partial charge in [-0.3, -0.25) is 0 Å². The van der Waals surface area contributed by atoms with Gasteiger partial charge in [0.25, 0.3) is 0 Å². The molecular weight excluding hydrogens is 859 g/mol. The number of unbranched alkanes of at least 4 members (excludes halogenated alkanes) is 4. The number of phenols is 3. The fourth-order valence-corrected chi connectivity index (χ4v) is 5.92. The van der Waals surface area contributed by atoms with E-state index in [1.54, 1.807) is 48.7 Å². The molecule has 60 heavy (non-hydrogen) atoms. The van der Waals surface area contributed by atoms with Crippen molar-refractivity contribution in [3.63, 3.8) is 0 Å². The number of halogens is 3. The maximum absolute atomic E-state index is 10.3. The number of aryl methyl sites for hydroxylation is 3. The van der Waals surface area contributed by atoms with Crippen molar-refractivity contribution < 1.29 is 107 Å². The molecule has 0 amide bonds. The molecular formula is C42H42Cl3N3Na2O10. The monoisotopic (exact) mass is 899 g/mol. The van der Waals surface area contributed by atoms with Crippen LogP contribution >= 0.6 is 34.8 Å². The Morgan fingerprint density at radius 1 is 0.533 bits per heavy atom. The molecule has 3 aromatic carbocycles. The number of aliphatic carboxylic acids is 2. The SMILES string of the molecule is CCCCCc1nc(-c2cc(Cl)ccc2O)co1.O=C([O-])CCCCc1nc(-c2cc(Cl)ccc2O)co1.O=C([O-])CCCCc1nc(-c2cc(Cl)ccc2O)co1.[Na+].[Na+]. The number of phenolic OH excluding ortho intramolecular Hbond substituents is 3. The number of carboxylic acids is 2. The molecule has 0 radical (unpaired) electrons. The van der Waals surface area contributed by atoms with Gasteiger partial charge in [-0.1, -0.05) is 54.6 Å². The van der Waals surface area contributed by atoms with Crippen molar-refractivity contribution in [2.24, 2.45) is 0 Å². The number of carboxylic acid groups (broad SMARTS) is 2. The molecule has 0 aliphatic rings. The Bertz CT molecular complexity index is 2140. The van der Waals surface area contributed by atoms with Crippen molar-refractivity contribution in [1.82, 2.24) is 15.0 Å². The number of hydrogen-bond donors (Lipinski definition) is 3. The second-order valence-electron chi connectivity index (χ2n) is 13.0. The first kappa shape index (κ1) is 52.6. The van der Waals surface area contributed by atoms with E-state index in [0.29, 0.717) is 105 Å². The summed E-state index contributed by atoms with van der Waals surface area (Å²) in [5.41, 5.74) is 3.23. The number of aromatic nitrogens is 3. The molecule has 3 aromatic heterocycles. The Labute approximate surface area is 406 Å². The fraction of sp³-hybridized carbons (Fsp3) is 0.310. The molecule has 18 heteroatoms. The predicted molar refractivity (Wildman–Crippen MR) is 214 cm³/mol. The van der Waals surface area contributed by atoms with Crippen molar-refractivity contribution in [2.45, 2.75) is 84.0 Å². The van der Waals surface area contributed by atoms with Gasteiger partial charge in [0.05, 0.1) is 0 Å². The first-order valence-electron chi connectivity index (χ1n) is 18.5. The van der Waals surface area contributed by atoms with E-state index in [9.17, 15) is 35.1 Å². The average Bonchev–Trinajstić information content (AvgIpc) is 3.98. The summed E-state index contributed by atoms with van der Waals surface area (Å²) < 4.78 is 16.0. The minimum Gasteiger partial charge on any atom is -0.550 e. The van der Waals surface area contributed by atoms with Crippen LogP contribution in [0.2, 0.25) is 15.1 Å². The van der Waals surface area contributed by atoms with E-state index in [4.69, 9.17) is 48.1 Å². The van der Waals surface area contributed by atoms with Gasteiger partial charge in [0.2, 0.25) is 0 Å². The van der Waals surface area contributed by atoms with Crippen LogP contribution in [0.5, 0.6) is 17.2 Å². The van der Waals surface area contributed by atoms with Crippen molar-refractivity contribution in [3.05, 3.63) is 106 Å². The maximum atomic E-state index is 10.3. The van der Waals surface area contributed by atoms with Gasteiger partial charge in [0.1, 0.15) is 53.1 Å². The van der Waals surface area contributed by atoms with Crippen LogP contribution in [0.1, 0.15) is 82.4 Å². The molecule has 0 spiro atoms. The molecule has 0 aliphatic heterocycles. The summed E-state index contributed by atoms with van der Waals surface area (Å²) >= 11 is 17.7. The zero-order valence-corrected chi connectivity index (χ0v) is 39.9. The second-order valence-corrected chi connectivity index (χ2v) is 14.3. The summed E-state index contributed by atoms with van der Waals surface area (Å²) in [5, 5.41) is 51.4. The standard InChI is InChI=1S/2C14H14ClNO4.C14H16ClNO2.2Na/c2*15-9-5-6-12(17)10(7-9)11-8-20-13(16-11)3-1-2-4-14(18)19;1-2-3-4-5-14-16-12(9-18-14)11-8-10(15)6-7-13(11)17;;/h2*5-8,17H,1-4H2,(H,18,19);6-9,17H,2-5H2,1H3;;/q;;;2*+1/p-2. The summed E-state index contributed by atoms with van der Waals surface area (Å²) in [7, 11) is 0. The smallest absolute Gasteiger partial charge is 0.550 e. The summed E-state index contributed by atoms with van der Waals surface area (Å²) in [5.74, 6) is -0.0950. The van der Waals surface area contributed by atoms with E-state index >= 15 is 0 Å². The van der Waals surface area contributed by atoms with Crippen LogP contribution in [0.25, 0.3) is 33.8 Å². The molecule has 0 saturated heterocycles. The van der Waals surface area contributed by atoms with Crippen molar-refractivity contribution in [2.75, 3.05) is 0 Å². The molecule has 13 nitrogen and oxygen atoms in total. The zero-order valence-electron chi connectivity index (χ0n) is 33.6. The number of oxazole rings is 3. The van der Waals surface area contributed by atoms with E-state index in [2.05, 4.69) is 21.9 Å². The Morgan fingerprint density at radius 3 is 1.12 bits per heavy atom. The van der Waals surface area contributed by atoms with E-state index < -0.39 is 11.9 Å². The van der Waals surface area contributed by atoms with Crippen molar-refractivity contribution in [3.8, 4) is 51.0 Å². The van der Waals surface area contributed by atoms with Gasteiger partial charge >= 0.3 is 59.1 Å². The molecule has 0 saturated carbocycles. The van der Waals surface area contributed by atoms with Crippen LogP contribution in [0.4, 0.5) is 0 Å². The molecule has 0 bridgehead atoms. The molecule has 0 fully saturated rings. The third-order valence-corrected chi connectivity index (χ3v) is 9.10. The first-order valence-corrected chi connectivity index (χ1v) is 19.7. The number of nitrogens with zero attached hydrogens (tertiary/aromatic N) is 3. The molecule has 3 N–H and O–H groups in total. The number of benzene rings is 3. The van der Waals surface area contributed by atoms with Gasteiger partial charge in [0, 0.05) is 63.0 Å². The summed E-state index contributed by atoms with van der Waals surface area (Å²) in [4.78, 5) is 33.4. The van der Waals surface area contributed by atoms with Crippen molar-refractivity contribution >= 4 is 46.7 Å². The van der Waals surface area contributed by atoms with E-state index in [1.165, 1.54) is 37.5 Å². The third kappa shape index (κ3) is 17.8. The number of hydrogen-bond acceptors (Lipinski definition) is 13. The Kier molecular flexibility index (Phi) is 24.1. The Hall–Kier alpha value is -3.50. The summed E-state index contributed by atoms with van der Waals surface area (Å²) in [6.45, 7) is 2.16. The van der Waals surface area contributed by atoms with Crippen LogP contribution in [0.15, 0.2) is 86.6 Å². The molecule has 0 unspecified atom stereocenters. The quantitative estimate of drug-likeness (QED) is 0.0888. The molecule has 0 atom stereocenters. The van der Waals surface area contributed by atoms with E-state index in [-0.39, 0.29) is 89.2 Å². The molecule has 308 valence electrons. The van der Waals surface area contributed by atoms with Crippen molar-refractivity contribution in [1.29, 1.82) is 0 Å². The van der Waals surface area contributed by atoms with Gasteiger partial charge in [-0.15, -0.1) is 0 Å². The Morgan fingerprint density at radius 2 is 0.833 bits per heavy atom. The van der Waals surface area contributed by atoms with Gasteiger partial charge in [0.15, 0.2) is 17.7 Å². The van der Waals surface area contributed by atoms with E-state index in [0.717, 1.165) is 12.8 Å². The maximum Gasteiger partial charge on any atom is 1.00 e.